The molecule has 2 nitrogen and oxygen atoms in total. The van der Waals surface area contributed by atoms with Crippen LogP contribution in [0.3, 0.4) is 0 Å². The smallest absolute Gasteiger partial charge is 0.195 e. The Balaban J connectivity index is 1.71. The molecule has 0 saturated heterocycles. The monoisotopic (exact) mass is 241 g/mol. The van der Waals surface area contributed by atoms with Gasteiger partial charge < -0.3 is 4.74 Å². The van der Waals surface area contributed by atoms with Crippen LogP contribution < -0.4 is 0 Å². The van der Waals surface area contributed by atoms with Gasteiger partial charge in [-0.3, -0.25) is 0 Å². The molecular formula is C16H17O2. The maximum absolute atomic E-state index is 11.7. The summed E-state index contributed by atoms with van der Waals surface area (Å²) in [6.07, 6.45) is 0.236. The Morgan fingerprint density at radius 2 is 1.39 bits per heavy atom. The van der Waals surface area contributed by atoms with Crippen LogP contribution in [-0.4, -0.2) is 12.9 Å². The van der Waals surface area contributed by atoms with Crippen LogP contribution in [0, 0.1) is 0 Å². The fraction of sp³-hybridized carbons (Fsp3) is 0.250. The summed E-state index contributed by atoms with van der Waals surface area (Å²) in [5.41, 5.74) is 2.22. The van der Waals surface area contributed by atoms with Gasteiger partial charge in [0.2, 0.25) is 0 Å². The molecule has 1 radical (unpaired) electrons. The minimum atomic E-state index is -0.976. The van der Waals surface area contributed by atoms with E-state index in [1.54, 1.807) is 0 Å². The van der Waals surface area contributed by atoms with Crippen molar-refractivity contribution in [2.45, 2.75) is 19.1 Å². The molecule has 1 unspecified atom stereocenters. The quantitative estimate of drug-likeness (QED) is 0.714. The van der Waals surface area contributed by atoms with E-state index < -0.39 is 6.29 Å². The highest BCUT2D eigenvalue weighted by Crippen LogP contribution is 2.06. The predicted molar refractivity (Wildman–Crippen MR) is 70.7 cm³/mol. The first kappa shape index (κ1) is 12.8. The molecule has 0 aliphatic carbocycles. The highest BCUT2D eigenvalue weighted by molar-refractivity contribution is 5.15. The van der Waals surface area contributed by atoms with Crippen LogP contribution in [-0.2, 0) is 22.7 Å². The molecule has 0 aliphatic rings. The van der Waals surface area contributed by atoms with Gasteiger partial charge in [-0.05, 0) is 17.5 Å². The Kier molecular flexibility index (Phi) is 4.94. The zero-order valence-corrected chi connectivity index (χ0v) is 10.3. The van der Waals surface area contributed by atoms with Crippen molar-refractivity contribution in [1.82, 2.24) is 0 Å². The molecular weight excluding hydrogens is 224 g/mol. The lowest BCUT2D eigenvalue weighted by Crippen LogP contribution is -2.15. The van der Waals surface area contributed by atoms with Gasteiger partial charge in [-0.25, -0.2) is 5.11 Å². The van der Waals surface area contributed by atoms with Gasteiger partial charge in [0, 0.05) is 6.42 Å². The van der Waals surface area contributed by atoms with Gasteiger partial charge in [-0.15, -0.1) is 0 Å². The molecule has 2 aromatic carbocycles. The van der Waals surface area contributed by atoms with Crippen LogP contribution in [0.4, 0.5) is 0 Å². The number of ether oxygens (including phenoxy) is 1. The van der Waals surface area contributed by atoms with E-state index >= 15 is 0 Å². The summed E-state index contributed by atoms with van der Waals surface area (Å²) in [7, 11) is 0. The molecule has 93 valence electrons. The summed E-state index contributed by atoms with van der Waals surface area (Å²) in [6, 6.07) is 19.8. The van der Waals surface area contributed by atoms with Crippen LogP contribution in [0.2, 0.25) is 0 Å². The number of hydrogen-bond acceptors (Lipinski definition) is 1. The zero-order chi connectivity index (χ0) is 12.6. The predicted octanol–water partition coefficient (Wildman–Crippen LogP) is 3.25. The molecule has 0 spiro atoms. The molecule has 0 aliphatic heterocycles. The highest BCUT2D eigenvalue weighted by atomic mass is 16.6. The molecule has 2 aromatic rings. The summed E-state index contributed by atoms with van der Waals surface area (Å²) < 4.78 is 5.29. The second kappa shape index (κ2) is 6.94. The number of rotatable bonds is 6. The van der Waals surface area contributed by atoms with Gasteiger partial charge in [-0.1, -0.05) is 60.7 Å². The normalized spacial score (nSPS) is 12.3. The fourth-order valence-corrected chi connectivity index (χ4v) is 1.82. The summed E-state index contributed by atoms with van der Waals surface area (Å²) in [5.74, 6) is 0. The lowest BCUT2D eigenvalue weighted by Gasteiger charge is -2.10. The topological polar surface area (TPSA) is 29.1 Å². The Hall–Kier alpha value is -1.64. The Bertz CT molecular complexity index is 439. The Morgan fingerprint density at radius 1 is 0.833 bits per heavy atom. The van der Waals surface area contributed by atoms with Crippen molar-refractivity contribution < 1.29 is 9.84 Å². The molecule has 2 rings (SSSR count). The first-order chi connectivity index (χ1) is 8.84. The van der Waals surface area contributed by atoms with Crippen LogP contribution >= 0.6 is 0 Å². The van der Waals surface area contributed by atoms with E-state index in [1.165, 1.54) is 5.56 Å². The summed E-state index contributed by atoms with van der Waals surface area (Å²) in [6.45, 7) is 0.477. The minimum absolute atomic E-state index is 0.426. The van der Waals surface area contributed by atoms with Gasteiger partial charge in [0.1, 0.15) is 0 Å². The number of hydrogen-bond donors (Lipinski definition) is 0. The molecule has 0 amide bonds. The van der Waals surface area contributed by atoms with Crippen molar-refractivity contribution in [1.29, 1.82) is 0 Å². The van der Waals surface area contributed by atoms with Gasteiger partial charge in [0.05, 0.1) is 6.61 Å². The average molecular weight is 241 g/mol. The van der Waals surface area contributed by atoms with E-state index in [1.807, 2.05) is 60.7 Å². The maximum Gasteiger partial charge on any atom is 0.195 e. The third-order valence-corrected chi connectivity index (χ3v) is 2.78. The van der Waals surface area contributed by atoms with E-state index in [-0.39, 0.29) is 0 Å². The lowest BCUT2D eigenvalue weighted by atomic mass is 10.1. The maximum atomic E-state index is 11.7. The fourth-order valence-electron chi connectivity index (χ4n) is 1.82. The third-order valence-electron chi connectivity index (χ3n) is 2.78. The van der Waals surface area contributed by atoms with Crippen molar-refractivity contribution >= 4 is 0 Å². The minimum Gasteiger partial charge on any atom is -0.349 e. The largest absolute Gasteiger partial charge is 0.349 e. The summed E-state index contributed by atoms with van der Waals surface area (Å²) in [5, 5.41) is 11.7. The highest BCUT2D eigenvalue weighted by Gasteiger charge is 2.07. The Morgan fingerprint density at radius 3 is 2.00 bits per heavy atom. The van der Waals surface area contributed by atoms with E-state index in [0.29, 0.717) is 13.0 Å². The van der Waals surface area contributed by atoms with Crippen LogP contribution in [0.25, 0.3) is 0 Å². The standard InChI is InChI=1S/C16H17O2/c17-16(13-15-9-5-2-6-10-15)18-12-11-14-7-3-1-4-8-14/h1-10,16H,11-13H2. The molecule has 0 N–H and O–H groups in total. The molecule has 1 atom stereocenters. The van der Waals surface area contributed by atoms with Gasteiger partial charge >= 0.3 is 0 Å². The molecule has 18 heavy (non-hydrogen) atoms. The zero-order valence-electron chi connectivity index (χ0n) is 10.3. The molecule has 0 saturated carbocycles. The second-order valence-electron chi connectivity index (χ2n) is 4.23. The second-order valence-corrected chi connectivity index (χ2v) is 4.23. The molecule has 2 heteroatoms. The van der Waals surface area contributed by atoms with Crippen molar-refractivity contribution in [3.05, 3.63) is 71.8 Å². The SMILES string of the molecule is [O]C(Cc1ccccc1)OCCc1ccccc1. The van der Waals surface area contributed by atoms with Gasteiger partial charge in [-0.2, -0.15) is 0 Å². The molecule has 0 fully saturated rings. The third kappa shape index (κ3) is 4.32. The van der Waals surface area contributed by atoms with E-state index in [9.17, 15) is 5.11 Å². The van der Waals surface area contributed by atoms with E-state index in [0.717, 1.165) is 12.0 Å². The van der Waals surface area contributed by atoms with Crippen molar-refractivity contribution in [2.75, 3.05) is 6.61 Å². The Labute approximate surface area is 108 Å². The van der Waals surface area contributed by atoms with Crippen molar-refractivity contribution in [3.63, 3.8) is 0 Å². The van der Waals surface area contributed by atoms with Crippen molar-refractivity contribution in [2.24, 2.45) is 0 Å². The number of benzene rings is 2. The van der Waals surface area contributed by atoms with E-state index in [4.69, 9.17) is 4.74 Å². The summed E-state index contributed by atoms with van der Waals surface area (Å²) in [4.78, 5) is 0. The summed E-state index contributed by atoms with van der Waals surface area (Å²) >= 11 is 0. The van der Waals surface area contributed by atoms with Gasteiger partial charge in [0.25, 0.3) is 0 Å². The van der Waals surface area contributed by atoms with Gasteiger partial charge in [0.15, 0.2) is 6.29 Å². The molecule has 0 heterocycles. The lowest BCUT2D eigenvalue weighted by molar-refractivity contribution is -0.137. The average Bonchev–Trinajstić information content (AvgIpc) is 2.41. The van der Waals surface area contributed by atoms with Crippen LogP contribution in [0.5, 0.6) is 0 Å². The molecule has 0 bridgehead atoms. The van der Waals surface area contributed by atoms with Crippen LogP contribution in [0.1, 0.15) is 11.1 Å². The van der Waals surface area contributed by atoms with Crippen molar-refractivity contribution in [3.8, 4) is 0 Å². The first-order valence-corrected chi connectivity index (χ1v) is 6.20. The van der Waals surface area contributed by atoms with E-state index in [2.05, 4.69) is 0 Å². The van der Waals surface area contributed by atoms with Crippen LogP contribution in [0.15, 0.2) is 60.7 Å². The molecule has 0 aromatic heterocycles. The first-order valence-electron chi connectivity index (χ1n) is 6.20.